The van der Waals surface area contributed by atoms with E-state index < -0.39 is 62.3 Å². The van der Waals surface area contributed by atoms with Crippen molar-refractivity contribution in [2.75, 3.05) is 6.54 Å². The van der Waals surface area contributed by atoms with Crippen LogP contribution in [0.5, 0.6) is 0 Å². The van der Waals surface area contributed by atoms with Gasteiger partial charge in [-0.3, -0.25) is 20.4 Å². The summed E-state index contributed by atoms with van der Waals surface area (Å²) in [4.78, 5) is 22.8. The Kier molecular flexibility index (Phi) is 7.39. The number of sulfonamides is 1. The Balaban J connectivity index is 1.89. The molecular formula is C17H14ClF4N3O4S. The highest BCUT2D eigenvalue weighted by atomic mass is 35.5. The number of benzene rings is 2. The van der Waals surface area contributed by atoms with E-state index in [9.17, 15) is 35.6 Å². The molecule has 13 heteroatoms. The first-order valence-electron chi connectivity index (χ1n) is 8.11. The fourth-order valence-corrected chi connectivity index (χ4v) is 3.42. The molecule has 2 rings (SSSR count). The number of nitrogens with one attached hydrogen (secondary N) is 3. The number of alkyl halides is 3. The second-order valence-electron chi connectivity index (χ2n) is 5.80. The van der Waals surface area contributed by atoms with Crippen LogP contribution in [-0.2, 0) is 21.0 Å². The topological polar surface area (TPSA) is 104 Å². The van der Waals surface area contributed by atoms with Gasteiger partial charge in [0, 0.05) is 18.5 Å². The molecule has 2 aromatic rings. The predicted molar refractivity (Wildman–Crippen MR) is 98.3 cm³/mol. The molecule has 0 aliphatic heterocycles. The van der Waals surface area contributed by atoms with Gasteiger partial charge in [-0.1, -0.05) is 11.6 Å². The summed E-state index contributed by atoms with van der Waals surface area (Å²) in [5.41, 5.74) is 2.83. The first-order valence-corrected chi connectivity index (χ1v) is 9.97. The molecule has 0 aliphatic rings. The molecule has 30 heavy (non-hydrogen) atoms. The van der Waals surface area contributed by atoms with Gasteiger partial charge in [0.25, 0.3) is 5.91 Å². The summed E-state index contributed by atoms with van der Waals surface area (Å²) in [5, 5.41) is -0.655. The Morgan fingerprint density at radius 3 is 2.23 bits per heavy atom. The molecule has 0 aromatic heterocycles. The number of halogens is 5. The van der Waals surface area contributed by atoms with Gasteiger partial charge in [0.2, 0.25) is 15.9 Å². The summed E-state index contributed by atoms with van der Waals surface area (Å²) in [5.74, 6) is -2.06. The van der Waals surface area contributed by atoms with Crippen molar-refractivity contribution in [1.29, 1.82) is 0 Å². The lowest BCUT2D eigenvalue weighted by Gasteiger charge is -2.12. The maximum absolute atomic E-state index is 12.9. The standard InChI is InChI=1S/C17H14ClF4N3O4S/c18-14-6-5-12(9-13(14)17(20,21)22)30(28,29)23-8-7-15(26)24-25-16(27)10-1-3-11(19)4-2-10/h1-6,9,23H,7-8H2,(H,24,26)(H,25,27). The lowest BCUT2D eigenvalue weighted by Crippen LogP contribution is -2.42. The third kappa shape index (κ3) is 6.40. The number of amides is 2. The lowest BCUT2D eigenvalue weighted by molar-refractivity contribution is -0.137. The molecule has 2 amide bonds. The number of hydrogen-bond donors (Lipinski definition) is 3. The second kappa shape index (κ2) is 9.41. The van der Waals surface area contributed by atoms with E-state index in [1.165, 1.54) is 12.1 Å². The monoisotopic (exact) mass is 467 g/mol. The average Bonchev–Trinajstić information content (AvgIpc) is 2.65. The highest BCUT2D eigenvalue weighted by Gasteiger charge is 2.34. The Bertz CT molecular complexity index is 1040. The number of hydrogen-bond acceptors (Lipinski definition) is 4. The van der Waals surface area contributed by atoms with Crippen LogP contribution in [0.2, 0.25) is 5.02 Å². The molecule has 7 nitrogen and oxygen atoms in total. The highest BCUT2D eigenvalue weighted by molar-refractivity contribution is 7.89. The number of carbonyl (C=O) groups excluding carboxylic acids is 2. The zero-order chi connectivity index (χ0) is 22.5. The molecule has 0 heterocycles. The SMILES string of the molecule is O=C(CCNS(=O)(=O)c1ccc(Cl)c(C(F)(F)F)c1)NNC(=O)c1ccc(F)cc1. The van der Waals surface area contributed by atoms with Crippen LogP contribution < -0.4 is 15.6 Å². The van der Waals surface area contributed by atoms with Gasteiger partial charge in [-0.15, -0.1) is 0 Å². The largest absolute Gasteiger partial charge is 0.417 e. The van der Waals surface area contributed by atoms with Crippen molar-refractivity contribution in [3.8, 4) is 0 Å². The van der Waals surface area contributed by atoms with Crippen LogP contribution in [0.3, 0.4) is 0 Å². The molecule has 2 aromatic carbocycles. The van der Waals surface area contributed by atoms with Crippen molar-refractivity contribution in [1.82, 2.24) is 15.6 Å². The van der Waals surface area contributed by atoms with Gasteiger partial charge in [0.1, 0.15) is 5.82 Å². The van der Waals surface area contributed by atoms with Crippen molar-refractivity contribution in [2.45, 2.75) is 17.5 Å². The summed E-state index contributed by atoms with van der Waals surface area (Å²) in [7, 11) is -4.35. The molecule has 0 saturated heterocycles. The van der Waals surface area contributed by atoms with Crippen LogP contribution in [0.4, 0.5) is 17.6 Å². The summed E-state index contributed by atoms with van der Waals surface area (Å²) in [6.45, 7) is -0.454. The van der Waals surface area contributed by atoms with E-state index >= 15 is 0 Å². The summed E-state index contributed by atoms with van der Waals surface area (Å²) < 4.78 is 77.6. The van der Waals surface area contributed by atoms with Gasteiger partial charge < -0.3 is 0 Å². The van der Waals surface area contributed by atoms with Gasteiger partial charge in [-0.05, 0) is 42.5 Å². The number of rotatable bonds is 6. The van der Waals surface area contributed by atoms with Gasteiger partial charge in [-0.2, -0.15) is 13.2 Å². The maximum Gasteiger partial charge on any atom is 0.417 e. The molecule has 3 N–H and O–H groups in total. The molecule has 0 saturated carbocycles. The quantitative estimate of drug-likeness (QED) is 0.448. The normalized spacial score (nSPS) is 11.8. The van der Waals surface area contributed by atoms with Crippen LogP contribution in [0.15, 0.2) is 47.4 Å². The second-order valence-corrected chi connectivity index (χ2v) is 7.97. The van der Waals surface area contributed by atoms with E-state index in [1.807, 2.05) is 10.1 Å². The number of hydrazine groups is 1. The summed E-state index contributed by atoms with van der Waals surface area (Å²) in [6, 6.07) is 6.55. The van der Waals surface area contributed by atoms with Crippen LogP contribution >= 0.6 is 11.6 Å². The lowest BCUT2D eigenvalue weighted by atomic mass is 10.2. The van der Waals surface area contributed by atoms with Crippen LogP contribution in [-0.4, -0.2) is 26.8 Å². The molecular weight excluding hydrogens is 454 g/mol. The zero-order valence-corrected chi connectivity index (χ0v) is 16.5. The van der Waals surface area contributed by atoms with Gasteiger partial charge in [0.15, 0.2) is 0 Å². The van der Waals surface area contributed by atoms with E-state index in [1.54, 1.807) is 0 Å². The minimum atomic E-state index is -4.84. The third-order valence-corrected chi connectivity index (χ3v) is 5.41. The minimum Gasteiger partial charge on any atom is -0.273 e. The Morgan fingerprint density at radius 1 is 1.00 bits per heavy atom. The van der Waals surface area contributed by atoms with Gasteiger partial charge in [-0.25, -0.2) is 17.5 Å². The smallest absolute Gasteiger partial charge is 0.273 e. The van der Waals surface area contributed by atoms with Crippen molar-refractivity contribution in [3.05, 3.63) is 64.4 Å². The molecule has 0 aliphatic carbocycles. The van der Waals surface area contributed by atoms with Crippen molar-refractivity contribution >= 4 is 33.4 Å². The average molecular weight is 468 g/mol. The Morgan fingerprint density at radius 2 is 1.63 bits per heavy atom. The van der Waals surface area contributed by atoms with Crippen LogP contribution in [0.25, 0.3) is 0 Å². The van der Waals surface area contributed by atoms with E-state index in [4.69, 9.17) is 11.6 Å². The Labute approximate surface area is 173 Å². The molecule has 0 bridgehead atoms. The third-order valence-electron chi connectivity index (χ3n) is 3.62. The Hall–Kier alpha value is -2.70. The fourth-order valence-electron chi connectivity index (χ4n) is 2.13. The molecule has 162 valence electrons. The maximum atomic E-state index is 12.9. The predicted octanol–water partition coefficient (Wildman–Crippen LogP) is 2.63. The molecule has 0 spiro atoms. The van der Waals surface area contributed by atoms with Crippen molar-refractivity contribution in [2.24, 2.45) is 0 Å². The van der Waals surface area contributed by atoms with Gasteiger partial charge >= 0.3 is 6.18 Å². The molecule has 0 fully saturated rings. The number of carbonyl (C=O) groups is 2. The van der Waals surface area contributed by atoms with E-state index in [2.05, 4.69) is 5.43 Å². The first-order chi connectivity index (χ1) is 13.9. The molecule has 0 unspecified atom stereocenters. The van der Waals surface area contributed by atoms with Crippen molar-refractivity contribution < 1.29 is 35.6 Å². The summed E-state index contributed by atoms with van der Waals surface area (Å²) >= 11 is 5.45. The fraction of sp³-hybridized carbons (Fsp3) is 0.176. The van der Waals surface area contributed by atoms with E-state index in [-0.39, 0.29) is 5.56 Å². The van der Waals surface area contributed by atoms with E-state index in [0.717, 1.165) is 24.3 Å². The summed E-state index contributed by atoms with van der Waals surface area (Å²) in [6.07, 6.45) is -5.27. The molecule has 0 atom stereocenters. The van der Waals surface area contributed by atoms with Crippen LogP contribution in [0, 0.1) is 5.82 Å². The van der Waals surface area contributed by atoms with Crippen LogP contribution in [0.1, 0.15) is 22.3 Å². The van der Waals surface area contributed by atoms with E-state index in [0.29, 0.717) is 6.07 Å². The minimum absolute atomic E-state index is 0.0700. The van der Waals surface area contributed by atoms with Gasteiger partial charge in [0.05, 0.1) is 15.5 Å². The highest BCUT2D eigenvalue weighted by Crippen LogP contribution is 2.35. The molecule has 0 radical (unpaired) electrons. The first kappa shape index (κ1) is 23.6. The zero-order valence-electron chi connectivity index (χ0n) is 14.9. The van der Waals surface area contributed by atoms with Crippen molar-refractivity contribution in [3.63, 3.8) is 0 Å².